The highest BCUT2D eigenvalue weighted by Gasteiger charge is 2.23. The van der Waals surface area contributed by atoms with Crippen molar-refractivity contribution < 1.29 is 13.2 Å². The molecule has 174 valence electrons. The molecule has 0 bridgehead atoms. The number of hydrogen-bond acceptors (Lipinski definition) is 5. The highest BCUT2D eigenvalue weighted by molar-refractivity contribution is 7.89. The van der Waals surface area contributed by atoms with Crippen LogP contribution in [0.15, 0.2) is 41.4 Å². The maximum atomic E-state index is 12.8. The fourth-order valence-corrected chi connectivity index (χ4v) is 5.42. The molecule has 1 aliphatic heterocycles. The van der Waals surface area contributed by atoms with Gasteiger partial charge < -0.3 is 15.5 Å². The summed E-state index contributed by atoms with van der Waals surface area (Å²) in [4.78, 5) is 19.4. The number of halogens is 1. The Balaban J connectivity index is 1.70. The molecule has 2 amide bonds. The van der Waals surface area contributed by atoms with Crippen molar-refractivity contribution >= 4 is 39.2 Å². The number of sulfonamides is 1. The highest BCUT2D eigenvalue weighted by Crippen LogP contribution is 2.27. The minimum atomic E-state index is -3.66. The van der Waals surface area contributed by atoms with Crippen molar-refractivity contribution in [3.8, 4) is 0 Å². The molecule has 1 aliphatic rings. The van der Waals surface area contributed by atoms with Gasteiger partial charge in [0.25, 0.3) is 0 Å². The fourth-order valence-electron chi connectivity index (χ4n) is 3.77. The molecular formula is C22H30ClN5O3S. The third kappa shape index (κ3) is 5.70. The molecular weight excluding hydrogens is 450 g/mol. The van der Waals surface area contributed by atoms with Gasteiger partial charge in [-0.2, -0.15) is 4.31 Å². The molecule has 1 aromatic heterocycles. The Morgan fingerprint density at radius 3 is 2.56 bits per heavy atom. The molecule has 2 N–H and O–H groups in total. The normalized spacial score (nSPS) is 14.4. The number of urea groups is 1. The second kappa shape index (κ2) is 11.0. The van der Waals surface area contributed by atoms with Crippen molar-refractivity contribution in [2.75, 3.05) is 36.4 Å². The number of nitrogens with one attached hydrogen (secondary N) is 2. The standard InChI is InChI=1S/C22H30ClN5O3S/c1-3-28(4-2)32(30,31)18-10-11-19(23)20(15-18)26-22(29)25-16-17-9-8-12-24-21(17)27-13-6-5-7-14-27/h8-12,15H,3-7,13-14,16H2,1-2H3,(H2,25,26,29). The molecule has 3 rings (SSSR count). The van der Waals surface area contributed by atoms with Gasteiger partial charge in [0.1, 0.15) is 5.82 Å². The third-order valence-corrected chi connectivity index (χ3v) is 7.87. The summed E-state index contributed by atoms with van der Waals surface area (Å²) >= 11 is 6.21. The number of aromatic nitrogens is 1. The fraction of sp³-hybridized carbons (Fsp3) is 0.455. The van der Waals surface area contributed by atoms with Crippen LogP contribution in [-0.4, -0.2) is 49.9 Å². The van der Waals surface area contributed by atoms with Crippen molar-refractivity contribution in [2.24, 2.45) is 0 Å². The average Bonchev–Trinajstić information content (AvgIpc) is 2.80. The zero-order chi connectivity index (χ0) is 23.1. The Morgan fingerprint density at radius 2 is 1.88 bits per heavy atom. The second-order valence-electron chi connectivity index (χ2n) is 7.57. The molecule has 1 fully saturated rings. The highest BCUT2D eigenvalue weighted by atomic mass is 35.5. The Hall–Kier alpha value is -2.36. The Labute approximate surface area is 195 Å². The van der Waals surface area contributed by atoms with Gasteiger partial charge in [0.05, 0.1) is 15.6 Å². The smallest absolute Gasteiger partial charge is 0.319 e. The predicted octanol–water partition coefficient (Wildman–Crippen LogP) is 4.08. The summed E-state index contributed by atoms with van der Waals surface area (Å²) in [5, 5.41) is 5.75. The molecule has 8 nitrogen and oxygen atoms in total. The van der Waals surface area contributed by atoms with Gasteiger partial charge in [0, 0.05) is 44.5 Å². The van der Waals surface area contributed by atoms with Crippen LogP contribution in [0.3, 0.4) is 0 Å². The third-order valence-electron chi connectivity index (χ3n) is 5.49. The van der Waals surface area contributed by atoms with Gasteiger partial charge in [0.15, 0.2) is 0 Å². The zero-order valence-electron chi connectivity index (χ0n) is 18.5. The molecule has 0 aliphatic carbocycles. The molecule has 0 spiro atoms. The van der Waals surface area contributed by atoms with E-state index in [1.165, 1.54) is 28.9 Å². The minimum absolute atomic E-state index is 0.0838. The molecule has 0 unspecified atom stereocenters. The van der Waals surface area contributed by atoms with Gasteiger partial charge in [-0.15, -0.1) is 0 Å². The lowest BCUT2D eigenvalue weighted by molar-refractivity contribution is 0.251. The van der Waals surface area contributed by atoms with E-state index in [9.17, 15) is 13.2 Å². The first-order chi connectivity index (χ1) is 15.4. The molecule has 2 heterocycles. The Bertz CT molecular complexity index is 1040. The van der Waals surface area contributed by atoms with E-state index in [0.29, 0.717) is 19.6 Å². The van der Waals surface area contributed by atoms with E-state index >= 15 is 0 Å². The number of nitrogens with zero attached hydrogens (tertiary/aromatic N) is 3. The first-order valence-electron chi connectivity index (χ1n) is 10.9. The zero-order valence-corrected chi connectivity index (χ0v) is 20.0. The SMILES string of the molecule is CCN(CC)S(=O)(=O)c1ccc(Cl)c(NC(=O)NCc2cccnc2N2CCCCC2)c1. The lowest BCUT2D eigenvalue weighted by atomic mass is 10.1. The first kappa shape index (κ1) is 24.3. The van der Waals surface area contributed by atoms with Crippen molar-refractivity contribution in [3.05, 3.63) is 47.1 Å². The molecule has 32 heavy (non-hydrogen) atoms. The van der Waals surface area contributed by atoms with Gasteiger partial charge in [-0.25, -0.2) is 18.2 Å². The summed E-state index contributed by atoms with van der Waals surface area (Å²) in [7, 11) is -3.66. The van der Waals surface area contributed by atoms with Crippen molar-refractivity contribution in [1.29, 1.82) is 0 Å². The summed E-state index contributed by atoms with van der Waals surface area (Å²) in [6.07, 6.45) is 5.25. The van der Waals surface area contributed by atoms with Crippen LogP contribution < -0.4 is 15.5 Å². The summed E-state index contributed by atoms with van der Waals surface area (Å²) in [5.74, 6) is 0.887. The molecule has 1 aromatic carbocycles. The summed E-state index contributed by atoms with van der Waals surface area (Å²) in [5.41, 5.74) is 1.16. The second-order valence-corrected chi connectivity index (χ2v) is 9.92. The van der Waals surface area contributed by atoms with E-state index in [4.69, 9.17) is 11.6 Å². The molecule has 0 saturated carbocycles. The number of carbonyl (C=O) groups is 1. The number of hydrogen-bond donors (Lipinski definition) is 2. The van der Waals surface area contributed by atoms with Crippen molar-refractivity contribution in [3.63, 3.8) is 0 Å². The summed E-state index contributed by atoms with van der Waals surface area (Å²) in [6, 6.07) is 7.63. The van der Waals surface area contributed by atoms with Crippen LogP contribution in [-0.2, 0) is 16.6 Å². The number of rotatable bonds is 8. The van der Waals surface area contributed by atoms with E-state index in [1.807, 2.05) is 12.1 Å². The van der Waals surface area contributed by atoms with Crippen LogP contribution in [0.2, 0.25) is 5.02 Å². The number of pyridine rings is 1. The number of anilines is 2. The lowest BCUT2D eigenvalue weighted by Gasteiger charge is -2.29. The number of piperidine rings is 1. The minimum Gasteiger partial charge on any atom is -0.356 e. The van der Waals surface area contributed by atoms with Gasteiger partial charge >= 0.3 is 6.03 Å². The average molecular weight is 480 g/mol. The van der Waals surface area contributed by atoms with Gasteiger partial charge in [-0.3, -0.25) is 0 Å². The van der Waals surface area contributed by atoms with E-state index in [0.717, 1.165) is 37.3 Å². The monoisotopic (exact) mass is 479 g/mol. The molecule has 2 aromatic rings. The van der Waals surface area contributed by atoms with Crippen LogP contribution in [0.4, 0.5) is 16.3 Å². The van der Waals surface area contributed by atoms with Crippen molar-refractivity contribution in [2.45, 2.75) is 44.6 Å². The van der Waals surface area contributed by atoms with Gasteiger partial charge in [0.2, 0.25) is 10.0 Å². The van der Waals surface area contributed by atoms with Gasteiger partial charge in [-0.1, -0.05) is 31.5 Å². The van der Waals surface area contributed by atoms with Crippen molar-refractivity contribution in [1.82, 2.24) is 14.6 Å². The van der Waals surface area contributed by atoms with E-state index in [-0.39, 0.29) is 15.6 Å². The molecule has 0 radical (unpaired) electrons. The summed E-state index contributed by atoms with van der Waals surface area (Å²) < 4.78 is 26.9. The van der Waals surface area contributed by atoms with Gasteiger partial charge in [-0.05, 0) is 43.5 Å². The van der Waals surface area contributed by atoms with Crippen LogP contribution in [0.5, 0.6) is 0 Å². The van der Waals surface area contributed by atoms with Crippen LogP contribution in [0.1, 0.15) is 38.7 Å². The maximum absolute atomic E-state index is 12.8. The Morgan fingerprint density at radius 1 is 1.16 bits per heavy atom. The number of amides is 2. The molecule has 1 saturated heterocycles. The van der Waals surface area contributed by atoms with E-state index < -0.39 is 16.1 Å². The number of carbonyl (C=O) groups excluding carboxylic acids is 1. The topological polar surface area (TPSA) is 94.6 Å². The Kier molecular flexibility index (Phi) is 8.33. The summed E-state index contributed by atoms with van der Waals surface area (Å²) in [6.45, 7) is 6.48. The quantitative estimate of drug-likeness (QED) is 0.595. The molecule has 0 atom stereocenters. The molecule has 10 heteroatoms. The first-order valence-corrected chi connectivity index (χ1v) is 12.7. The van der Waals surface area contributed by atoms with E-state index in [1.54, 1.807) is 20.0 Å². The van der Waals surface area contributed by atoms with Crippen LogP contribution in [0, 0.1) is 0 Å². The van der Waals surface area contributed by atoms with Crippen LogP contribution in [0.25, 0.3) is 0 Å². The predicted molar refractivity (Wildman–Crippen MR) is 128 cm³/mol. The largest absolute Gasteiger partial charge is 0.356 e. The lowest BCUT2D eigenvalue weighted by Crippen LogP contribution is -2.33. The van der Waals surface area contributed by atoms with E-state index in [2.05, 4.69) is 20.5 Å². The maximum Gasteiger partial charge on any atom is 0.319 e. The number of benzene rings is 1. The van der Waals surface area contributed by atoms with Crippen LogP contribution >= 0.6 is 11.6 Å².